The zero-order chi connectivity index (χ0) is 24.1. The summed E-state index contributed by atoms with van der Waals surface area (Å²) in [5, 5.41) is 3.16. The first-order chi connectivity index (χ1) is 15.7. The van der Waals surface area contributed by atoms with Crippen molar-refractivity contribution in [1.82, 2.24) is 19.5 Å². The van der Waals surface area contributed by atoms with Crippen LogP contribution in [-0.4, -0.2) is 67.0 Å². The van der Waals surface area contributed by atoms with Crippen LogP contribution in [0.25, 0.3) is 0 Å². The number of rotatable bonds is 11. The van der Waals surface area contributed by atoms with Gasteiger partial charge in [0.25, 0.3) is 5.91 Å². The molecule has 1 aliphatic heterocycles. The Morgan fingerprint density at radius 2 is 2.00 bits per heavy atom. The lowest BCUT2D eigenvalue weighted by Gasteiger charge is -2.44. The van der Waals surface area contributed by atoms with E-state index in [9.17, 15) is 4.79 Å². The first-order valence-electron chi connectivity index (χ1n) is 11.4. The molecule has 3 rings (SSSR count). The molecule has 1 aromatic carbocycles. The minimum atomic E-state index is -0.265. The van der Waals surface area contributed by atoms with Gasteiger partial charge in [0.05, 0.1) is 6.61 Å². The third kappa shape index (κ3) is 6.61. The number of hydrogen-bond donors (Lipinski definition) is 1. The number of ether oxygens (including phenoxy) is 1. The van der Waals surface area contributed by atoms with Crippen molar-refractivity contribution >= 4 is 40.6 Å². The van der Waals surface area contributed by atoms with Gasteiger partial charge in [-0.3, -0.25) is 9.69 Å². The summed E-state index contributed by atoms with van der Waals surface area (Å²) < 4.78 is 10.4. The molecule has 33 heavy (non-hydrogen) atoms. The molecule has 182 valence electrons. The van der Waals surface area contributed by atoms with Crippen molar-refractivity contribution in [3.05, 3.63) is 43.9 Å². The number of benzene rings is 1. The second kappa shape index (κ2) is 11.8. The molecule has 1 fully saturated rings. The smallest absolute Gasteiger partial charge is 0.272 e. The fourth-order valence-corrected chi connectivity index (χ4v) is 5.11. The maximum absolute atomic E-state index is 12.3. The quantitative estimate of drug-likeness (QED) is 0.418. The summed E-state index contributed by atoms with van der Waals surface area (Å²) >= 11 is 13.0. The third-order valence-corrected chi connectivity index (χ3v) is 7.99. The van der Waals surface area contributed by atoms with Crippen molar-refractivity contribution in [3.63, 3.8) is 0 Å². The van der Waals surface area contributed by atoms with Gasteiger partial charge in [0.2, 0.25) is 0 Å². The number of amides is 1. The highest BCUT2D eigenvalue weighted by molar-refractivity contribution is 7.11. The van der Waals surface area contributed by atoms with Crippen LogP contribution in [0.1, 0.15) is 53.0 Å². The molecule has 1 amide bonds. The predicted molar refractivity (Wildman–Crippen MR) is 137 cm³/mol. The largest absolute Gasteiger partial charge is 0.493 e. The molecule has 2 aromatic rings. The molecule has 1 aromatic heterocycles. The van der Waals surface area contributed by atoms with E-state index in [0.29, 0.717) is 22.8 Å². The van der Waals surface area contributed by atoms with Gasteiger partial charge in [-0.15, -0.1) is 0 Å². The van der Waals surface area contributed by atoms with Gasteiger partial charge in [-0.2, -0.15) is 4.37 Å². The zero-order valence-electron chi connectivity index (χ0n) is 20.1. The van der Waals surface area contributed by atoms with Gasteiger partial charge in [-0.05, 0) is 88.5 Å². The number of unbranched alkanes of at least 4 members (excludes halogenated alkanes) is 1. The summed E-state index contributed by atoms with van der Waals surface area (Å²) in [5.74, 6) is 1.13. The van der Waals surface area contributed by atoms with Crippen molar-refractivity contribution in [2.45, 2.75) is 39.7 Å². The Kier molecular flexibility index (Phi) is 9.42. The van der Waals surface area contributed by atoms with Gasteiger partial charge < -0.3 is 15.0 Å². The van der Waals surface area contributed by atoms with Crippen molar-refractivity contribution < 1.29 is 9.53 Å². The van der Waals surface area contributed by atoms with Crippen molar-refractivity contribution in [3.8, 4) is 5.75 Å². The Balaban J connectivity index is 1.46. The van der Waals surface area contributed by atoms with E-state index in [1.165, 1.54) is 16.7 Å². The molecule has 0 saturated carbocycles. The first kappa shape index (κ1) is 26.2. The number of aromatic nitrogens is 1. The van der Waals surface area contributed by atoms with Crippen LogP contribution >= 0.6 is 34.7 Å². The number of halogens is 2. The Morgan fingerprint density at radius 3 is 2.64 bits per heavy atom. The van der Waals surface area contributed by atoms with Gasteiger partial charge in [0.1, 0.15) is 15.1 Å². The lowest BCUT2D eigenvalue weighted by molar-refractivity contribution is 0.0568. The maximum Gasteiger partial charge on any atom is 0.272 e. The number of hydrogen-bond acceptors (Lipinski definition) is 6. The highest BCUT2D eigenvalue weighted by Crippen LogP contribution is 2.34. The maximum atomic E-state index is 12.3. The van der Waals surface area contributed by atoms with E-state index < -0.39 is 0 Å². The monoisotopic (exact) mass is 512 g/mol. The summed E-state index contributed by atoms with van der Waals surface area (Å²) in [5.41, 5.74) is 4.05. The van der Waals surface area contributed by atoms with Crippen LogP contribution in [0.3, 0.4) is 0 Å². The fraction of sp³-hybridized carbons (Fsp3) is 0.583. The van der Waals surface area contributed by atoms with Crippen molar-refractivity contribution in [1.29, 1.82) is 0 Å². The van der Waals surface area contributed by atoms with Crippen molar-refractivity contribution in [2.75, 3.05) is 46.9 Å². The number of likely N-dealkylation sites (tertiary alicyclic amines) is 1. The molecule has 1 unspecified atom stereocenters. The Bertz CT molecular complexity index is 960. The number of nitrogens with one attached hydrogen (secondary N) is 1. The standard InChI is InChI=1S/C24H34Cl2N4O2S/c1-15-16(2)20(32-11-7-6-10-29(4)5)9-8-19(15)17(3)30-13-18(14-30)12-27-24(31)22-21(25)23(26)33-28-22/h8-9,17-18H,6-7,10-14H2,1-5H3,(H,27,31). The van der Waals surface area contributed by atoms with Crippen LogP contribution in [0.5, 0.6) is 5.75 Å². The van der Waals surface area contributed by atoms with E-state index in [0.717, 1.165) is 56.4 Å². The van der Waals surface area contributed by atoms with E-state index in [4.69, 9.17) is 27.9 Å². The number of nitrogens with zero attached hydrogens (tertiary/aromatic N) is 3. The van der Waals surface area contributed by atoms with Crippen LogP contribution in [-0.2, 0) is 0 Å². The summed E-state index contributed by atoms with van der Waals surface area (Å²) in [6.45, 7) is 10.9. The van der Waals surface area contributed by atoms with E-state index in [1.54, 1.807) is 0 Å². The van der Waals surface area contributed by atoms with Crippen LogP contribution in [0.4, 0.5) is 0 Å². The normalized spacial score (nSPS) is 15.5. The zero-order valence-corrected chi connectivity index (χ0v) is 22.4. The third-order valence-electron chi connectivity index (χ3n) is 6.38. The highest BCUT2D eigenvalue weighted by Gasteiger charge is 2.32. The second-order valence-corrected chi connectivity index (χ2v) is 10.8. The number of carbonyl (C=O) groups is 1. The minimum Gasteiger partial charge on any atom is -0.493 e. The summed E-state index contributed by atoms with van der Waals surface area (Å²) in [4.78, 5) is 16.9. The molecule has 1 aliphatic rings. The van der Waals surface area contributed by atoms with Gasteiger partial charge >= 0.3 is 0 Å². The Hall–Kier alpha value is -1.38. The highest BCUT2D eigenvalue weighted by atomic mass is 35.5. The fourth-order valence-electron chi connectivity index (χ4n) is 4.11. The molecule has 0 radical (unpaired) electrons. The molecular weight excluding hydrogens is 479 g/mol. The SMILES string of the molecule is Cc1c(OCCCCN(C)C)ccc(C(C)N2CC(CNC(=O)c3nsc(Cl)c3Cl)C2)c1C. The lowest BCUT2D eigenvalue weighted by atomic mass is 9.91. The molecule has 2 heterocycles. The predicted octanol–water partition coefficient (Wildman–Crippen LogP) is 5.21. The average Bonchev–Trinajstić information content (AvgIpc) is 3.07. The van der Waals surface area contributed by atoms with Crippen molar-refractivity contribution in [2.24, 2.45) is 5.92 Å². The van der Waals surface area contributed by atoms with Crippen LogP contribution in [0.2, 0.25) is 9.36 Å². The molecule has 9 heteroatoms. The molecule has 0 spiro atoms. The molecule has 1 atom stereocenters. The lowest BCUT2D eigenvalue weighted by Crippen LogP contribution is -2.52. The summed E-state index contributed by atoms with van der Waals surface area (Å²) in [6, 6.07) is 4.63. The Labute approximate surface area is 211 Å². The van der Waals surface area contributed by atoms with Crippen LogP contribution < -0.4 is 10.1 Å². The average molecular weight is 514 g/mol. The summed E-state index contributed by atoms with van der Waals surface area (Å²) in [7, 11) is 4.19. The van der Waals surface area contributed by atoms with Gasteiger partial charge in [-0.1, -0.05) is 29.3 Å². The molecule has 6 nitrogen and oxygen atoms in total. The minimum absolute atomic E-state index is 0.210. The van der Waals surface area contributed by atoms with Crippen LogP contribution in [0, 0.1) is 19.8 Å². The topological polar surface area (TPSA) is 57.7 Å². The van der Waals surface area contributed by atoms with Gasteiger partial charge in [0.15, 0.2) is 5.69 Å². The van der Waals surface area contributed by atoms with Gasteiger partial charge in [-0.25, -0.2) is 0 Å². The molecule has 1 N–H and O–H groups in total. The molecule has 0 aliphatic carbocycles. The second-order valence-electron chi connectivity index (χ2n) is 9.09. The van der Waals surface area contributed by atoms with E-state index in [1.807, 2.05) is 0 Å². The van der Waals surface area contributed by atoms with E-state index >= 15 is 0 Å². The number of carbonyl (C=O) groups excluding carboxylic acids is 1. The van der Waals surface area contributed by atoms with Gasteiger partial charge in [0, 0.05) is 31.6 Å². The van der Waals surface area contributed by atoms with E-state index in [-0.39, 0.29) is 16.6 Å². The van der Waals surface area contributed by atoms with E-state index in [2.05, 4.69) is 66.5 Å². The Morgan fingerprint density at radius 1 is 1.27 bits per heavy atom. The summed E-state index contributed by atoms with van der Waals surface area (Å²) in [6.07, 6.45) is 2.20. The molecular formula is C24H34Cl2N4O2S. The molecule has 0 bridgehead atoms. The first-order valence-corrected chi connectivity index (χ1v) is 12.9. The molecule has 1 saturated heterocycles. The van der Waals surface area contributed by atoms with Crippen LogP contribution in [0.15, 0.2) is 12.1 Å².